The summed E-state index contributed by atoms with van der Waals surface area (Å²) in [7, 11) is 0. The van der Waals surface area contributed by atoms with Crippen molar-refractivity contribution >= 4 is 17.7 Å². The summed E-state index contributed by atoms with van der Waals surface area (Å²) in [5, 5.41) is 13.1. The van der Waals surface area contributed by atoms with Crippen molar-refractivity contribution in [3.63, 3.8) is 0 Å². The molecule has 2 N–H and O–H groups in total. The molecule has 2 rings (SSSR count). The Hall–Kier alpha value is -2.21. The summed E-state index contributed by atoms with van der Waals surface area (Å²) in [6.07, 6.45) is 1.37. The average molecular weight is 346 g/mol. The lowest BCUT2D eigenvalue weighted by atomic mass is 9.88. The molecule has 2 atom stereocenters. The third-order valence-corrected chi connectivity index (χ3v) is 4.99. The minimum Gasteiger partial charge on any atom is -0.388 e. The Morgan fingerprint density at radius 1 is 1.24 bits per heavy atom. The summed E-state index contributed by atoms with van der Waals surface area (Å²) in [6.45, 7) is 6.08. The number of nitrogens with one attached hydrogen (secondary N) is 1. The van der Waals surface area contributed by atoms with Crippen molar-refractivity contribution in [1.82, 2.24) is 10.2 Å². The van der Waals surface area contributed by atoms with Crippen LogP contribution in [-0.2, 0) is 16.1 Å². The molecule has 1 saturated heterocycles. The van der Waals surface area contributed by atoms with Crippen LogP contribution in [0.5, 0.6) is 0 Å². The first-order chi connectivity index (χ1) is 11.7. The minimum atomic E-state index is -0.958. The maximum absolute atomic E-state index is 12.2. The lowest BCUT2D eigenvalue weighted by Crippen LogP contribution is -2.45. The SMILES string of the molecule is CCC(C)C(C)(O)CNC(=O)c1ccc(CN2C(=O)CCC2=O)cc1. The predicted molar refractivity (Wildman–Crippen MR) is 93.6 cm³/mol. The normalized spacial score (nSPS) is 18.2. The van der Waals surface area contributed by atoms with Gasteiger partial charge in [-0.1, -0.05) is 32.4 Å². The van der Waals surface area contributed by atoms with Gasteiger partial charge in [0.05, 0.1) is 12.1 Å². The molecule has 3 amide bonds. The number of aliphatic hydroxyl groups is 1. The van der Waals surface area contributed by atoms with E-state index in [1.165, 1.54) is 4.90 Å². The minimum absolute atomic E-state index is 0.0747. The van der Waals surface area contributed by atoms with Gasteiger partial charge in [0.1, 0.15) is 0 Å². The largest absolute Gasteiger partial charge is 0.388 e. The van der Waals surface area contributed by atoms with Gasteiger partial charge in [-0.2, -0.15) is 0 Å². The molecule has 6 nitrogen and oxygen atoms in total. The lowest BCUT2D eigenvalue weighted by Gasteiger charge is -2.29. The standard InChI is InChI=1S/C19H26N2O4/c1-4-13(2)19(3,25)12-20-18(24)15-7-5-14(6-8-15)11-21-16(22)9-10-17(21)23/h5-8,13,25H,4,9-12H2,1-3H3,(H,20,24). The van der Waals surface area contributed by atoms with E-state index in [2.05, 4.69) is 5.32 Å². The Morgan fingerprint density at radius 2 is 1.80 bits per heavy atom. The highest BCUT2D eigenvalue weighted by Gasteiger charge is 2.29. The molecule has 136 valence electrons. The summed E-state index contributed by atoms with van der Waals surface area (Å²) in [6, 6.07) is 6.79. The van der Waals surface area contributed by atoms with Crippen molar-refractivity contribution in [2.24, 2.45) is 5.92 Å². The number of rotatable bonds is 7. The fourth-order valence-corrected chi connectivity index (χ4v) is 2.72. The zero-order valence-corrected chi connectivity index (χ0v) is 15.0. The molecule has 1 fully saturated rings. The van der Waals surface area contributed by atoms with Crippen molar-refractivity contribution < 1.29 is 19.5 Å². The van der Waals surface area contributed by atoms with Crippen LogP contribution in [0.25, 0.3) is 0 Å². The van der Waals surface area contributed by atoms with Crippen LogP contribution in [0.4, 0.5) is 0 Å². The number of hydrogen-bond donors (Lipinski definition) is 2. The van der Waals surface area contributed by atoms with Crippen molar-refractivity contribution in [3.05, 3.63) is 35.4 Å². The average Bonchev–Trinajstić information content (AvgIpc) is 2.91. The Balaban J connectivity index is 1.94. The van der Waals surface area contributed by atoms with Crippen molar-refractivity contribution in [2.45, 2.75) is 52.2 Å². The topological polar surface area (TPSA) is 86.7 Å². The van der Waals surface area contributed by atoms with Crippen molar-refractivity contribution in [1.29, 1.82) is 0 Å². The van der Waals surface area contributed by atoms with Crippen LogP contribution in [0, 0.1) is 5.92 Å². The summed E-state index contributed by atoms with van der Waals surface area (Å²) in [4.78, 5) is 36.8. The Kier molecular flexibility index (Phi) is 5.95. The number of imide groups is 1. The lowest BCUT2D eigenvalue weighted by molar-refractivity contribution is -0.139. The number of benzene rings is 1. The molecule has 1 aliphatic heterocycles. The van der Waals surface area contributed by atoms with Gasteiger partial charge in [-0.05, 0) is 30.5 Å². The van der Waals surface area contributed by atoms with Crippen LogP contribution in [0.15, 0.2) is 24.3 Å². The predicted octanol–water partition coefficient (Wildman–Crippen LogP) is 1.86. The quantitative estimate of drug-likeness (QED) is 0.738. The van der Waals surface area contributed by atoms with E-state index >= 15 is 0 Å². The van der Waals surface area contributed by atoms with Gasteiger partial charge < -0.3 is 10.4 Å². The van der Waals surface area contributed by atoms with E-state index in [0.29, 0.717) is 5.56 Å². The molecule has 0 spiro atoms. The monoisotopic (exact) mass is 346 g/mol. The summed E-state index contributed by atoms with van der Waals surface area (Å²) >= 11 is 0. The smallest absolute Gasteiger partial charge is 0.251 e. The van der Waals surface area contributed by atoms with Gasteiger partial charge >= 0.3 is 0 Å². The van der Waals surface area contributed by atoms with Crippen molar-refractivity contribution in [3.8, 4) is 0 Å². The van der Waals surface area contributed by atoms with E-state index in [1.807, 2.05) is 13.8 Å². The van der Waals surface area contributed by atoms with E-state index in [9.17, 15) is 19.5 Å². The summed E-state index contributed by atoms with van der Waals surface area (Å²) in [5.74, 6) is -0.493. The van der Waals surface area contributed by atoms with Crippen LogP contribution >= 0.6 is 0 Å². The van der Waals surface area contributed by atoms with E-state index in [1.54, 1.807) is 31.2 Å². The molecule has 1 aliphatic rings. The first kappa shape index (κ1) is 19.1. The van der Waals surface area contributed by atoms with Crippen LogP contribution in [0.1, 0.15) is 56.0 Å². The maximum Gasteiger partial charge on any atom is 0.251 e. The van der Waals surface area contributed by atoms with Gasteiger partial charge in [-0.3, -0.25) is 19.3 Å². The molecule has 0 radical (unpaired) electrons. The van der Waals surface area contributed by atoms with Crippen molar-refractivity contribution in [2.75, 3.05) is 6.54 Å². The first-order valence-electron chi connectivity index (χ1n) is 8.67. The third kappa shape index (κ3) is 4.66. The molecule has 0 aromatic heterocycles. The van der Waals surface area contributed by atoms with Crippen LogP contribution in [-0.4, -0.2) is 39.9 Å². The first-order valence-corrected chi connectivity index (χ1v) is 8.67. The molecular formula is C19H26N2O4. The third-order valence-electron chi connectivity index (χ3n) is 4.99. The van der Waals surface area contributed by atoms with E-state index in [4.69, 9.17) is 0 Å². The molecule has 1 aromatic carbocycles. The zero-order chi connectivity index (χ0) is 18.6. The number of likely N-dealkylation sites (tertiary alicyclic amines) is 1. The van der Waals surface area contributed by atoms with Gasteiger partial charge in [-0.25, -0.2) is 0 Å². The number of carbonyl (C=O) groups is 3. The fraction of sp³-hybridized carbons (Fsp3) is 0.526. The summed E-state index contributed by atoms with van der Waals surface area (Å²) in [5.41, 5.74) is 0.315. The molecule has 0 bridgehead atoms. The Morgan fingerprint density at radius 3 is 2.32 bits per heavy atom. The maximum atomic E-state index is 12.2. The molecule has 0 aliphatic carbocycles. The zero-order valence-electron chi connectivity index (χ0n) is 15.0. The second kappa shape index (κ2) is 7.78. The van der Waals surface area contributed by atoms with Crippen LogP contribution in [0.2, 0.25) is 0 Å². The molecule has 6 heteroatoms. The highest BCUT2D eigenvalue weighted by molar-refractivity contribution is 6.01. The fourth-order valence-electron chi connectivity index (χ4n) is 2.72. The van der Waals surface area contributed by atoms with Gasteiger partial charge in [0, 0.05) is 24.9 Å². The molecular weight excluding hydrogens is 320 g/mol. The summed E-state index contributed by atoms with van der Waals surface area (Å²) < 4.78 is 0. The second-order valence-corrected chi connectivity index (χ2v) is 6.92. The number of carbonyl (C=O) groups excluding carboxylic acids is 3. The second-order valence-electron chi connectivity index (χ2n) is 6.92. The Bertz CT molecular complexity index is 636. The van der Waals surface area contributed by atoms with Gasteiger partial charge in [0.2, 0.25) is 11.8 Å². The molecule has 25 heavy (non-hydrogen) atoms. The van der Waals surface area contributed by atoms with Crippen LogP contribution in [0.3, 0.4) is 0 Å². The van der Waals surface area contributed by atoms with E-state index < -0.39 is 5.60 Å². The number of hydrogen-bond acceptors (Lipinski definition) is 4. The molecule has 1 aromatic rings. The highest BCUT2D eigenvalue weighted by atomic mass is 16.3. The number of amides is 3. The van der Waals surface area contributed by atoms with Crippen LogP contribution < -0.4 is 5.32 Å². The molecule has 1 heterocycles. The Labute approximate surface area is 148 Å². The van der Waals surface area contributed by atoms with Gasteiger partial charge in [0.25, 0.3) is 5.91 Å². The number of nitrogens with zero attached hydrogens (tertiary/aromatic N) is 1. The van der Waals surface area contributed by atoms with E-state index in [0.717, 1.165) is 12.0 Å². The molecule has 2 unspecified atom stereocenters. The van der Waals surface area contributed by atoms with Gasteiger partial charge in [-0.15, -0.1) is 0 Å². The molecule has 0 saturated carbocycles. The van der Waals surface area contributed by atoms with E-state index in [-0.39, 0.29) is 49.6 Å². The highest BCUT2D eigenvalue weighted by Crippen LogP contribution is 2.19. The van der Waals surface area contributed by atoms with Gasteiger partial charge in [0.15, 0.2) is 0 Å².